The Balaban J connectivity index is 0.000000371. The molecule has 0 saturated carbocycles. The summed E-state index contributed by atoms with van der Waals surface area (Å²) in [6.45, 7) is 5.74. The highest BCUT2D eigenvalue weighted by Crippen LogP contribution is 1.72. The standard InChI is InChI=1S/C4H7N3O.C2H6/c1-3-5-4(8)7(2)6-3;1-2/h1-2H3,(H,5,6,8);1-2H3. The third-order valence-electron chi connectivity index (χ3n) is 0.882. The molecule has 0 aliphatic heterocycles. The first-order chi connectivity index (χ1) is 4.70. The second-order valence-electron chi connectivity index (χ2n) is 1.64. The first-order valence-electron chi connectivity index (χ1n) is 3.30. The molecule has 1 heterocycles. The fraction of sp³-hybridized carbons (Fsp3) is 0.667. The summed E-state index contributed by atoms with van der Waals surface area (Å²) in [7, 11) is 1.60. The summed E-state index contributed by atoms with van der Waals surface area (Å²) in [4.78, 5) is 13.0. The van der Waals surface area contributed by atoms with E-state index in [0.717, 1.165) is 0 Å². The van der Waals surface area contributed by atoms with Gasteiger partial charge in [-0.15, -0.1) is 0 Å². The summed E-state index contributed by atoms with van der Waals surface area (Å²) < 4.78 is 1.26. The van der Waals surface area contributed by atoms with Crippen molar-refractivity contribution in [1.82, 2.24) is 14.8 Å². The molecule has 0 atom stereocenters. The van der Waals surface area contributed by atoms with Crippen molar-refractivity contribution in [3.05, 3.63) is 16.3 Å². The Kier molecular flexibility index (Phi) is 3.46. The molecule has 0 unspecified atom stereocenters. The molecule has 0 bridgehead atoms. The van der Waals surface area contributed by atoms with Crippen LogP contribution in [-0.4, -0.2) is 14.8 Å². The van der Waals surface area contributed by atoms with Crippen LogP contribution < -0.4 is 5.69 Å². The Labute approximate surface area is 59.9 Å². The van der Waals surface area contributed by atoms with E-state index in [1.54, 1.807) is 14.0 Å². The molecule has 0 saturated heterocycles. The zero-order valence-corrected chi connectivity index (χ0v) is 6.80. The van der Waals surface area contributed by atoms with Gasteiger partial charge in [0.2, 0.25) is 0 Å². The van der Waals surface area contributed by atoms with Crippen molar-refractivity contribution in [2.24, 2.45) is 7.05 Å². The number of aromatic amines is 1. The van der Waals surface area contributed by atoms with Crippen molar-refractivity contribution < 1.29 is 0 Å². The van der Waals surface area contributed by atoms with E-state index in [1.165, 1.54) is 4.68 Å². The monoisotopic (exact) mass is 143 g/mol. The van der Waals surface area contributed by atoms with Crippen molar-refractivity contribution in [3.63, 3.8) is 0 Å². The van der Waals surface area contributed by atoms with E-state index in [-0.39, 0.29) is 5.69 Å². The SMILES string of the molecule is CC.Cc1nn(C)c(=O)[nH]1. The van der Waals surface area contributed by atoms with Crippen LogP contribution in [0.1, 0.15) is 19.7 Å². The van der Waals surface area contributed by atoms with E-state index < -0.39 is 0 Å². The van der Waals surface area contributed by atoms with Crippen LogP contribution in [0.2, 0.25) is 0 Å². The van der Waals surface area contributed by atoms with Crippen LogP contribution in [0, 0.1) is 6.92 Å². The summed E-state index contributed by atoms with van der Waals surface area (Å²) in [5.41, 5.74) is -0.164. The molecular formula is C6H13N3O. The summed E-state index contributed by atoms with van der Waals surface area (Å²) in [5.74, 6) is 0.650. The summed E-state index contributed by atoms with van der Waals surface area (Å²) in [6.07, 6.45) is 0. The van der Waals surface area contributed by atoms with E-state index in [2.05, 4.69) is 10.1 Å². The minimum atomic E-state index is -0.164. The fourth-order valence-corrected chi connectivity index (χ4v) is 0.531. The lowest BCUT2D eigenvalue weighted by atomic mass is 10.8. The van der Waals surface area contributed by atoms with Crippen LogP contribution in [0.4, 0.5) is 0 Å². The Morgan fingerprint density at radius 2 is 2.00 bits per heavy atom. The van der Waals surface area contributed by atoms with E-state index in [9.17, 15) is 4.79 Å². The molecule has 58 valence electrons. The average molecular weight is 143 g/mol. The molecule has 4 nitrogen and oxygen atoms in total. The smallest absolute Gasteiger partial charge is 0.293 e. The maximum Gasteiger partial charge on any atom is 0.342 e. The van der Waals surface area contributed by atoms with Gasteiger partial charge in [-0.25, -0.2) is 9.48 Å². The average Bonchev–Trinajstić information content (AvgIpc) is 2.16. The van der Waals surface area contributed by atoms with E-state index in [4.69, 9.17) is 0 Å². The van der Waals surface area contributed by atoms with Crippen LogP contribution >= 0.6 is 0 Å². The number of hydrogen-bond donors (Lipinski definition) is 1. The molecule has 0 amide bonds. The number of rotatable bonds is 0. The van der Waals surface area contributed by atoms with Gasteiger partial charge in [-0.2, -0.15) is 5.10 Å². The van der Waals surface area contributed by atoms with Crippen molar-refractivity contribution in [2.75, 3.05) is 0 Å². The van der Waals surface area contributed by atoms with Gasteiger partial charge in [0.25, 0.3) is 0 Å². The van der Waals surface area contributed by atoms with Crippen LogP contribution in [0.3, 0.4) is 0 Å². The van der Waals surface area contributed by atoms with Crippen LogP contribution in [-0.2, 0) is 7.05 Å². The van der Waals surface area contributed by atoms with E-state index in [0.29, 0.717) is 5.82 Å². The van der Waals surface area contributed by atoms with Gasteiger partial charge in [-0.1, -0.05) is 13.8 Å². The normalized spacial score (nSPS) is 8.40. The van der Waals surface area contributed by atoms with Gasteiger partial charge < -0.3 is 0 Å². The van der Waals surface area contributed by atoms with Gasteiger partial charge in [0.05, 0.1) is 0 Å². The van der Waals surface area contributed by atoms with Crippen LogP contribution in [0.15, 0.2) is 4.79 Å². The first kappa shape index (κ1) is 8.94. The lowest BCUT2D eigenvalue weighted by molar-refractivity contribution is 0.728. The number of nitrogens with one attached hydrogen (secondary N) is 1. The van der Waals surface area contributed by atoms with E-state index in [1.807, 2.05) is 13.8 Å². The quantitative estimate of drug-likeness (QED) is 0.573. The van der Waals surface area contributed by atoms with Crippen molar-refractivity contribution in [2.45, 2.75) is 20.8 Å². The maximum absolute atomic E-state index is 10.5. The minimum absolute atomic E-state index is 0.164. The Bertz CT molecular complexity index is 235. The molecule has 1 rings (SSSR count). The summed E-state index contributed by atoms with van der Waals surface area (Å²) in [6, 6.07) is 0. The Morgan fingerprint density at radius 1 is 1.50 bits per heavy atom. The van der Waals surface area contributed by atoms with Crippen molar-refractivity contribution in [1.29, 1.82) is 0 Å². The zero-order valence-electron chi connectivity index (χ0n) is 6.80. The molecule has 0 aliphatic carbocycles. The predicted octanol–water partition coefficient (Wildman–Crippen LogP) is 0.443. The van der Waals surface area contributed by atoms with Gasteiger partial charge in [0.1, 0.15) is 5.82 Å². The van der Waals surface area contributed by atoms with E-state index >= 15 is 0 Å². The van der Waals surface area contributed by atoms with Gasteiger partial charge in [0.15, 0.2) is 0 Å². The third kappa shape index (κ3) is 2.05. The molecule has 1 N–H and O–H groups in total. The summed E-state index contributed by atoms with van der Waals surface area (Å²) in [5, 5.41) is 3.76. The first-order valence-corrected chi connectivity index (χ1v) is 3.30. The van der Waals surface area contributed by atoms with Gasteiger partial charge in [0, 0.05) is 7.05 Å². The molecule has 1 aromatic heterocycles. The number of hydrogen-bond acceptors (Lipinski definition) is 2. The second-order valence-corrected chi connectivity index (χ2v) is 1.64. The lowest BCUT2D eigenvalue weighted by Crippen LogP contribution is -2.13. The van der Waals surface area contributed by atoms with Crippen molar-refractivity contribution in [3.8, 4) is 0 Å². The molecule has 0 aromatic carbocycles. The molecule has 4 heteroatoms. The number of aromatic nitrogens is 3. The molecular weight excluding hydrogens is 130 g/mol. The predicted molar refractivity (Wildman–Crippen MR) is 39.9 cm³/mol. The fourth-order valence-electron chi connectivity index (χ4n) is 0.531. The molecule has 10 heavy (non-hydrogen) atoms. The lowest BCUT2D eigenvalue weighted by Gasteiger charge is -1.76. The topological polar surface area (TPSA) is 50.7 Å². The zero-order chi connectivity index (χ0) is 8.15. The Morgan fingerprint density at radius 3 is 2.10 bits per heavy atom. The highest BCUT2D eigenvalue weighted by atomic mass is 16.1. The third-order valence-corrected chi connectivity index (χ3v) is 0.882. The largest absolute Gasteiger partial charge is 0.342 e. The molecule has 0 aliphatic rings. The second kappa shape index (κ2) is 3.87. The minimum Gasteiger partial charge on any atom is -0.293 e. The molecule has 0 spiro atoms. The number of nitrogens with zero attached hydrogens (tertiary/aromatic N) is 2. The van der Waals surface area contributed by atoms with Gasteiger partial charge in [-0.3, -0.25) is 4.98 Å². The highest BCUT2D eigenvalue weighted by molar-refractivity contribution is 4.74. The van der Waals surface area contributed by atoms with Crippen LogP contribution in [0.5, 0.6) is 0 Å². The van der Waals surface area contributed by atoms with Gasteiger partial charge in [-0.05, 0) is 6.92 Å². The summed E-state index contributed by atoms with van der Waals surface area (Å²) >= 11 is 0. The number of aryl methyl sites for hydroxylation is 2. The molecule has 0 radical (unpaired) electrons. The highest BCUT2D eigenvalue weighted by Gasteiger charge is 1.91. The molecule has 1 aromatic rings. The van der Waals surface area contributed by atoms with Gasteiger partial charge >= 0.3 is 5.69 Å². The number of H-pyrrole nitrogens is 1. The van der Waals surface area contributed by atoms with Crippen molar-refractivity contribution >= 4 is 0 Å². The molecule has 0 fully saturated rings. The van der Waals surface area contributed by atoms with Crippen LogP contribution in [0.25, 0.3) is 0 Å². The maximum atomic E-state index is 10.5. The Hall–Kier alpha value is -1.06.